The quantitative estimate of drug-likeness (QED) is 0.479. The van der Waals surface area contributed by atoms with Crippen molar-refractivity contribution in [3.63, 3.8) is 0 Å². The van der Waals surface area contributed by atoms with Crippen molar-refractivity contribution in [2.24, 2.45) is 5.73 Å². The van der Waals surface area contributed by atoms with Crippen LogP contribution < -0.4 is 11.1 Å². The summed E-state index contributed by atoms with van der Waals surface area (Å²) in [6.45, 7) is 0. The molecule has 0 aliphatic rings. The molecule has 2 aromatic rings. The van der Waals surface area contributed by atoms with Gasteiger partial charge in [-0.05, 0) is 30.3 Å². The maximum Gasteiger partial charge on any atom is 0.269 e. The average molecular weight is 331 g/mol. The summed E-state index contributed by atoms with van der Waals surface area (Å²) in [4.78, 5) is 33.7. The Hall–Kier alpha value is -2.87. The zero-order valence-electron chi connectivity index (χ0n) is 11.9. The van der Waals surface area contributed by atoms with Crippen LogP contribution in [0.25, 0.3) is 0 Å². The maximum absolute atomic E-state index is 12.1. The number of anilines is 1. The molecule has 8 heteroatoms. The number of nitrogens with zero attached hydrogens (tertiary/aromatic N) is 1. The Balaban J connectivity index is 2.06. The first-order valence-corrected chi connectivity index (χ1v) is 7.51. The van der Waals surface area contributed by atoms with Gasteiger partial charge in [0, 0.05) is 28.3 Å². The molecule has 0 bridgehead atoms. The first-order valence-electron chi connectivity index (χ1n) is 6.52. The zero-order valence-corrected chi connectivity index (χ0v) is 12.7. The molecule has 0 unspecified atom stereocenters. The van der Waals surface area contributed by atoms with Crippen LogP contribution in [-0.4, -0.2) is 22.5 Å². The number of nitrogens with one attached hydrogen (secondary N) is 1. The second-order valence-corrected chi connectivity index (χ2v) is 5.59. The first-order chi connectivity index (χ1) is 11.0. The molecule has 2 aromatic carbocycles. The van der Waals surface area contributed by atoms with Gasteiger partial charge >= 0.3 is 0 Å². The number of nitrogens with two attached hydrogens (primary N) is 1. The minimum absolute atomic E-state index is 0.0774. The largest absolute Gasteiger partial charge is 0.369 e. The van der Waals surface area contributed by atoms with E-state index in [1.54, 1.807) is 24.3 Å². The van der Waals surface area contributed by atoms with E-state index in [9.17, 15) is 19.7 Å². The third-order valence-electron chi connectivity index (χ3n) is 2.81. The van der Waals surface area contributed by atoms with Crippen molar-refractivity contribution in [3.8, 4) is 0 Å². The van der Waals surface area contributed by atoms with Gasteiger partial charge in [0.05, 0.1) is 10.7 Å². The number of amides is 2. The van der Waals surface area contributed by atoms with E-state index < -0.39 is 10.8 Å². The molecule has 0 saturated carbocycles. The molecule has 0 saturated heterocycles. The molecule has 3 N–H and O–H groups in total. The predicted molar refractivity (Wildman–Crippen MR) is 87.4 cm³/mol. The van der Waals surface area contributed by atoms with Crippen molar-refractivity contribution in [2.45, 2.75) is 4.90 Å². The number of carbonyl (C=O) groups is 2. The Morgan fingerprint density at radius 1 is 1.17 bits per heavy atom. The highest BCUT2D eigenvalue weighted by Crippen LogP contribution is 2.22. The van der Waals surface area contributed by atoms with Gasteiger partial charge in [-0.25, -0.2) is 0 Å². The van der Waals surface area contributed by atoms with Crippen LogP contribution in [0.4, 0.5) is 11.4 Å². The molecule has 118 valence electrons. The SMILES string of the molecule is NC(=O)CSc1cccc(NC(=O)c2ccc([N+](=O)[O-])cc2)c1. The molecule has 7 nitrogen and oxygen atoms in total. The van der Waals surface area contributed by atoms with Crippen LogP contribution in [0.2, 0.25) is 0 Å². The molecule has 0 radical (unpaired) electrons. The Morgan fingerprint density at radius 2 is 1.87 bits per heavy atom. The lowest BCUT2D eigenvalue weighted by atomic mass is 10.2. The van der Waals surface area contributed by atoms with Gasteiger partial charge in [-0.1, -0.05) is 6.07 Å². The number of nitro benzene ring substituents is 1. The number of thioether (sulfide) groups is 1. The molecule has 23 heavy (non-hydrogen) atoms. The smallest absolute Gasteiger partial charge is 0.269 e. The molecule has 2 rings (SSSR count). The summed E-state index contributed by atoms with van der Waals surface area (Å²) in [5, 5.41) is 13.3. The summed E-state index contributed by atoms with van der Waals surface area (Å²) in [7, 11) is 0. The van der Waals surface area contributed by atoms with Gasteiger partial charge in [0.1, 0.15) is 0 Å². The van der Waals surface area contributed by atoms with Gasteiger partial charge in [-0.2, -0.15) is 0 Å². The third-order valence-corrected chi connectivity index (χ3v) is 3.83. The van der Waals surface area contributed by atoms with Gasteiger partial charge in [0.25, 0.3) is 11.6 Å². The summed E-state index contributed by atoms with van der Waals surface area (Å²) in [5.74, 6) is -0.646. The van der Waals surface area contributed by atoms with Crippen molar-refractivity contribution < 1.29 is 14.5 Å². The van der Waals surface area contributed by atoms with E-state index in [2.05, 4.69) is 5.32 Å². The van der Waals surface area contributed by atoms with Crippen molar-refractivity contribution in [1.29, 1.82) is 0 Å². The summed E-state index contributed by atoms with van der Waals surface area (Å²) < 4.78 is 0. The molecule has 0 aliphatic carbocycles. The van der Waals surface area contributed by atoms with Gasteiger partial charge in [0.15, 0.2) is 0 Å². The number of benzene rings is 2. The fourth-order valence-corrected chi connectivity index (χ4v) is 2.45. The highest BCUT2D eigenvalue weighted by molar-refractivity contribution is 8.00. The predicted octanol–water partition coefficient (Wildman–Crippen LogP) is 2.42. The van der Waals surface area contributed by atoms with Crippen LogP contribution in [0.5, 0.6) is 0 Å². The number of rotatable bonds is 6. The van der Waals surface area contributed by atoms with Crippen LogP contribution >= 0.6 is 11.8 Å². The molecular formula is C15H13N3O4S. The summed E-state index contributed by atoms with van der Waals surface area (Å²) >= 11 is 1.27. The molecule has 0 heterocycles. The molecule has 0 aromatic heterocycles. The monoisotopic (exact) mass is 331 g/mol. The zero-order chi connectivity index (χ0) is 16.8. The lowest BCUT2D eigenvalue weighted by molar-refractivity contribution is -0.384. The van der Waals surface area contributed by atoms with Gasteiger partial charge in [-0.15, -0.1) is 11.8 Å². The number of non-ortho nitro benzene ring substituents is 1. The second-order valence-electron chi connectivity index (χ2n) is 4.54. The van der Waals surface area contributed by atoms with E-state index in [0.29, 0.717) is 11.3 Å². The highest BCUT2D eigenvalue weighted by atomic mass is 32.2. The van der Waals surface area contributed by atoms with E-state index >= 15 is 0 Å². The fourth-order valence-electron chi connectivity index (χ4n) is 1.76. The first kappa shape index (κ1) is 16.5. The van der Waals surface area contributed by atoms with Gasteiger partial charge in [0.2, 0.25) is 5.91 Å². The summed E-state index contributed by atoms with van der Waals surface area (Å²) in [6.07, 6.45) is 0. The highest BCUT2D eigenvalue weighted by Gasteiger charge is 2.10. The van der Waals surface area contributed by atoms with E-state index in [0.717, 1.165) is 4.90 Å². The van der Waals surface area contributed by atoms with Gasteiger partial charge in [-0.3, -0.25) is 19.7 Å². The lowest BCUT2D eigenvalue weighted by Crippen LogP contribution is -2.13. The Bertz CT molecular complexity index is 747. The Morgan fingerprint density at radius 3 is 2.48 bits per heavy atom. The number of primary amides is 1. The van der Waals surface area contributed by atoms with E-state index in [-0.39, 0.29) is 17.3 Å². The van der Waals surface area contributed by atoms with Crippen LogP contribution in [0.15, 0.2) is 53.4 Å². The van der Waals surface area contributed by atoms with Crippen molar-refractivity contribution in [1.82, 2.24) is 0 Å². The normalized spacial score (nSPS) is 10.1. The third kappa shape index (κ3) is 4.82. The minimum Gasteiger partial charge on any atom is -0.369 e. The standard InChI is InChI=1S/C15H13N3O4S/c16-14(19)9-23-13-3-1-2-11(8-13)17-15(20)10-4-6-12(7-5-10)18(21)22/h1-8H,9H2,(H2,16,19)(H,17,20). The Labute approximate surface area is 136 Å². The summed E-state index contributed by atoms with van der Waals surface area (Å²) in [6, 6.07) is 12.3. The molecular weight excluding hydrogens is 318 g/mol. The lowest BCUT2D eigenvalue weighted by Gasteiger charge is -2.07. The molecule has 0 aliphatic heterocycles. The number of nitro groups is 1. The van der Waals surface area contributed by atoms with Crippen LogP contribution in [0.1, 0.15) is 10.4 Å². The fraction of sp³-hybridized carbons (Fsp3) is 0.0667. The van der Waals surface area contributed by atoms with Crippen molar-refractivity contribution in [2.75, 3.05) is 11.1 Å². The molecule has 0 fully saturated rings. The van der Waals surface area contributed by atoms with Crippen LogP contribution in [0, 0.1) is 10.1 Å². The van der Waals surface area contributed by atoms with Crippen LogP contribution in [-0.2, 0) is 4.79 Å². The van der Waals surface area contributed by atoms with E-state index in [1.807, 2.05) is 0 Å². The topological polar surface area (TPSA) is 115 Å². The minimum atomic E-state index is -0.527. The van der Waals surface area contributed by atoms with Gasteiger partial charge < -0.3 is 11.1 Å². The number of carbonyl (C=O) groups excluding carboxylic acids is 2. The van der Waals surface area contributed by atoms with Crippen molar-refractivity contribution >= 4 is 35.0 Å². The number of hydrogen-bond acceptors (Lipinski definition) is 5. The van der Waals surface area contributed by atoms with E-state index in [1.165, 1.54) is 36.0 Å². The van der Waals surface area contributed by atoms with Crippen LogP contribution in [0.3, 0.4) is 0 Å². The number of hydrogen-bond donors (Lipinski definition) is 2. The summed E-state index contributed by atoms with van der Waals surface area (Å²) in [5.41, 5.74) is 5.88. The van der Waals surface area contributed by atoms with E-state index in [4.69, 9.17) is 5.73 Å². The van der Waals surface area contributed by atoms with Crippen molar-refractivity contribution in [3.05, 3.63) is 64.2 Å². The maximum atomic E-state index is 12.1. The molecule has 0 spiro atoms. The second kappa shape index (κ2) is 7.41. The Kier molecular flexibility index (Phi) is 5.32. The molecule has 0 atom stereocenters. The molecule has 2 amide bonds. The average Bonchev–Trinajstić information content (AvgIpc) is 2.53.